The molecule has 0 aromatic heterocycles. The number of aliphatic carboxylic acids is 1. The number of nitrogens with one attached hydrogen (secondary N) is 1. The van der Waals surface area contributed by atoms with Gasteiger partial charge in [-0.05, 0) is 76.5 Å². The molecule has 2 aliphatic rings. The molecular formula is C30H44FN3O7. The van der Waals surface area contributed by atoms with Gasteiger partial charge in [-0.15, -0.1) is 0 Å². The molecule has 1 aromatic carbocycles. The molecular weight excluding hydrogens is 533 g/mol. The molecule has 2 atom stereocenters. The summed E-state index contributed by atoms with van der Waals surface area (Å²) in [6, 6.07) is 5.84. The van der Waals surface area contributed by atoms with E-state index >= 15 is 0 Å². The molecule has 1 unspecified atom stereocenters. The molecule has 2 saturated heterocycles. The highest BCUT2D eigenvalue weighted by Crippen LogP contribution is 2.27. The zero-order chi connectivity index (χ0) is 30.0. The van der Waals surface area contributed by atoms with E-state index in [4.69, 9.17) is 9.47 Å². The lowest BCUT2D eigenvalue weighted by Gasteiger charge is -2.35. The molecule has 41 heavy (non-hydrogen) atoms. The topological polar surface area (TPSA) is 125 Å². The van der Waals surface area contributed by atoms with E-state index in [9.17, 15) is 28.7 Å². The number of amides is 3. The van der Waals surface area contributed by atoms with Gasteiger partial charge >= 0.3 is 12.1 Å². The van der Waals surface area contributed by atoms with Crippen molar-refractivity contribution >= 4 is 23.9 Å². The zero-order valence-corrected chi connectivity index (χ0v) is 24.4. The first-order valence-electron chi connectivity index (χ1n) is 14.5. The van der Waals surface area contributed by atoms with Crippen LogP contribution >= 0.6 is 0 Å². The van der Waals surface area contributed by atoms with Crippen LogP contribution in [0.4, 0.5) is 9.18 Å². The quantitative estimate of drug-likeness (QED) is 0.401. The first-order chi connectivity index (χ1) is 19.4. The summed E-state index contributed by atoms with van der Waals surface area (Å²) < 4.78 is 23.3. The Morgan fingerprint density at radius 2 is 1.83 bits per heavy atom. The molecule has 0 saturated carbocycles. The molecule has 2 aliphatic heterocycles. The molecule has 228 valence electrons. The number of halogens is 1. The number of benzene rings is 1. The molecule has 0 bridgehead atoms. The molecule has 0 aliphatic carbocycles. The minimum Gasteiger partial charge on any atom is -0.491 e. The maximum absolute atomic E-state index is 13.2. The van der Waals surface area contributed by atoms with Crippen molar-refractivity contribution in [2.45, 2.75) is 77.4 Å². The monoisotopic (exact) mass is 577 g/mol. The van der Waals surface area contributed by atoms with Crippen LogP contribution in [0.3, 0.4) is 0 Å². The number of piperidine rings is 2. The number of nitrogens with zero attached hydrogens (tertiary/aromatic N) is 2. The summed E-state index contributed by atoms with van der Waals surface area (Å²) >= 11 is 0. The summed E-state index contributed by atoms with van der Waals surface area (Å²) in [7, 11) is 0. The molecule has 3 amide bonds. The van der Waals surface area contributed by atoms with Gasteiger partial charge in [0.05, 0.1) is 18.4 Å². The van der Waals surface area contributed by atoms with Crippen molar-refractivity contribution in [2.24, 2.45) is 11.8 Å². The molecule has 11 heteroatoms. The van der Waals surface area contributed by atoms with E-state index in [0.29, 0.717) is 62.7 Å². The standard InChI is InChI=1S/C30H44FN3O7/c1-30(2,3)41-29(39)33-15-11-21(12-16-33)9-10-26(35)34-14-5-7-23(20-34)28(38)32-25(19-27(36)37)22-6-4-8-24(18-22)40-17-13-31/h4,6,8,18,21,23,25H,5,7,9-17,19-20H2,1-3H3,(H,32,38)(H,36,37)/t23-,25?/m1/s1. The van der Waals surface area contributed by atoms with Crippen LogP contribution in [0.25, 0.3) is 0 Å². The van der Waals surface area contributed by atoms with Crippen molar-refractivity contribution in [3.05, 3.63) is 29.8 Å². The van der Waals surface area contributed by atoms with Crippen molar-refractivity contribution in [1.29, 1.82) is 0 Å². The Bertz CT molecular complexity index is 1050. The Morgan fingerprint density at radius 1 is 1.10 bits per heavy atom. The third kappa shape index (κ3) is 10.5. The number of carboxylic acid groups (broad SMARTS) is 1. The van der Waals surface area contributed by atoms with Crippen molar-refractivity contribution in [1.82, 2.24) is 15.1 Å². The number of carbonyl (C=O) groups is 4. The number of likely N-dealkylation sites (tertiary alicyclic amines) is 2. The first kappa shape index (κ1) is 32.1. The summed E-state index contributed by atoms with van der Waals surface area (Å²) in [6.07, 6.45) is 3.44. The van der Waals surface area contributed by atoms with Crippen LogP contribution in [0.1, 0.15) is 77.3 Å². The maximum Gasteiger partial charge on any atom is 0.410 e. The van der Waals surface area contributed by atoms with Crippen LogP contribution in [-0.4, -0.2) is 83.8 Å². The fourth-order valence-electron chi connectivity index (χ4n) is 5.33. The van der Waals surface area contributed by atoms with Gasteiger partial charge < -0.3 is 29.7 Å². The van der Waals surface area contributed by atoms with Gasteiger partial charge in [-0.25, -0.2) is 9.18 Å². The minimum atomic E-state index is -1.07. The maximum atomic E-state index is 13.2. The lowest BCUT2D eigenvalue weighted by Crippen LogP contribution is -2.46. The van der Waals surface area contributed by atoms with Crippen LogP contribution in [0.15, 0.2) is 24.3 Å². The molecule has 2 N–H and O–H groups in total. The molecule has 2 fully saturated rings. The number of alkyl halides is 1. The molecule has 3 rings (SSSR count). The lowest BCUT2D eigenvalue weighted by molar-refractivity contribution is -0.138. The Kier molecular flexibility index (Phi) is 11.8. The van der Waals surface area contributed by atoms with E-state index in [-0.39, 0.29) is 30.9 Å². The molecule has 0 spiro atoms. The second-order valence-electron chi connectivity index (χ2n) is 11.9. The summed E-state index contributed by atoms with van der Waals surface area (Å²) in [4.78, 5) is 53.5. The second kappa shape index (κ2) is 15.0. The van der Waals surface area contributed by atoms with Gasteiger partial charge in [0, 0.05) is 32.6 Å². The number of ether oxygens (including phenoxy) is 2. The Morgan fingerprint density at radius 3 is 2.49 bits per heavy atom. The summed E-state index contributed by atoms with van der Waals surface area (Å²) in [5.41, 5.74) is 0.0240. The number of hydrogen-bond acceptors (Lipinski definition) is 6. The van der Waals surface area contributed by atoms with Gasteiger partial charge in [-0.2, -0.15) is 0 Å². The number of hydrogen-bond donors (Lipinski definition) is 2. The van der Waals surface area contributed by atoms with Crippen molar-refractivity contribution in [3.8, 4) is 5.75 Å². The third-order valence-corrected chi connectivity index (χ3v) is 7.48. The summed E-state index contributed by atoms with van der Waals surface area (Å²) in [5, 5.41) is 12.3. The summed E-state index contributed by atoms with van der Waals surface area (Å²) in [6.45, 7) is 6.88. The van der Waals surface area contributed by atoms with Crippen LogP contribution in [0.2, 0.25) is 0 Å². The van der Waals surface area contributed by atoms with Crippen molar-refractivity contribution < 1.29 is 38.1 Å². The largest absolute Gasteiger partial charge is 0.491 e. The highest BCUT2D eigenvalue weighted by molar-refractivity contribution is 5.82. The van der Waals surface area contributed by atoms with Crippen LogP contribution in [0.5, 0.6) is 5.75 Å². The number of rotatable bonds is 11. The van der Waals surface area contributed by atoms with Gasteiger partial charge in [0.2, 0.25) is 11.8 Å². The van der Waals surface area contributed by atoms with Gasteiger partial charge in [0.15, 0.2) is 0 Å². The molecule has 0 radical (unpaired) electrons. The Hall–Kier alpha value is -3.37. The summed E-state index contributed by atoms with van der Waals surface area (Å²) in [5.74, 6) is -1.04. The second-order valence-corrected chi connectivity index (χ2v) is 11.9. The van der Waals surface area contributed by atoms with Gasteiger partial charge in [-0.1, -0.05) is 12.1 Å². The average Bonchev–Trinajstić information content (AvgIpc) is 2.93. The molecule has 10 nitrogen and oxygen atoms in total. The normalized spacial score (nSPS) is 18.9. The highest BCUT2D eigenvalue weighted by Gasteiger charge is 2.31. The smallest absolute Gasteiger partial charge is 0.410 e. The minimum absolute atomic E-state index is 0.0110. The van der Waals surface area contributed by atoms with Crippen LogP contribution in [0, 0.1) is 11.8 Å². The molecule has 1 aromatic rings. The predicted octanol–water partition coefficient (Wildman–Crippen LogP) is 4.33. The van der Waals surface area contributed by atoms with Crippen LogP contribution < -0.4 is 10.1 Å². The van der Waals surface area contributed by atoms with E-state index in [1.165, 1.54) is 0 Å². The van der Waals surface area contributed by atoms with E-state index < -0.39 is 30.2 Å². The van der Waals surface area contributed by atoms with Gasteiger partial charge in [0.25, 0.3) is 0 Å². The number of carboxylic acids is 1. The zero-order valence-electron chi connectivity index (χ0n) is 24.4. The predicted molar refractivity (Wildman–Crippen MR) is 150 cm³/mol. The third-order valence-electron chi connectivity index (χ3n) is 7.48. The van der Waals surface area contributed by atoms with Gasteiger partial charge in [0.1, 0.15) is 24.6 Å². The van der Waals surface area contributed by atoms with Crippen LogP contribution in [-0.2, 0) is 19.1 Å². The number of carbonyl (C=O) groups excluding carboxylic acids is 3. The average molecular weight is 578 g/mol. The Labute approximate surface area is 241 Å². The fourth-order valence-corrected chi connectivity index (χ4v) is 5.33. The van der Waals surface area contributed by atoms with E-state index in [1.807, 2.05) is 20.8 Å². The fraction of sp³-hybridized carbons (Fsp3) is 0.667. The van der Waals surface area contributed by atoms with Crippen molar-refractivity contribution in [3.63, 3.8) is 0 Å². The van der Waals surface area contributed by atoms with E-state index in [1.54, 1.807) is 34.1 Å². The van der Waals surface area contributed by atoms with Crippen molar-refractivity contribution in [2.75, 3.05) is 39.5 Å². The highest BCUT2D eigenvalue weighted by atomic mass is 19.1. The van der Waals surface area contributed by atoms with E-state index in [0.717, 1.165) is 19.3 Å². The van der Waals surface area contributed by atoms with E-state index in [2.05, 4.69) is 5.32 Å². The lowest BCUT2D eigenvalue weighted by atomic mass is 9.91. The Balaban J connectivity index is 1.49. The van der Waals surface area contributed by atoms with Gasteiger partial charge in [-0.3, -0.25) is 14.4 Å². The first-order valence-corrected chi connectivity index (χ1v) is 14.5. The molecule has 2 heterocycles. The SMILES string of the molecule is CC(C)(C)OC(=O)N1CCC(CCC(=O)N2CCC[C@@H](C(=O)NC(CC(=O)O)c3cccc(OCCF)c3)C2)CC1.